The molecule has 6 heteroatoms. The summed E-state index contributed by atoms with van der Waals surface area (Å²) < 4.78 is 10.7. The number of nitrogens with two attached hydrogens (primary N) is 1. The van der Waals surface area contributed by atoms with Crippen molar-refractivity contribution in [2.75, 3.05) is 38.6 Å². The Bertz CT molecular complexity index is 478. The van der Waals surface area contributed by atoms with E-state index < -0.39 is 0 Å². The number of aliphatic hydroxyl groups is 1. The minimum absolute atomic E-state index is 0.0881. The first-order valence-electron chi connectivity index (χ1n) is 6.69. The maximum atomic E-state index is 12.4. The smallest absolute Gasteiger partial charge is 0.254 e. The van der Waals surface area contributed by atoms with Gasteiger partial charge >= 0.3 is 0 Å². The average Bonchev–Trinajstić information content (AvgIpc) is 2.49. The highest BCUT2D eigenvalue weighted by atomic mass is 16.5. The van der Waals surface area contributed by atoms with Crippen LogP contribution in [-0.2, 0) is 4.74 Å². The van der Waals surface area contributed by atoms with Crippen LogP contribution in [0.25, 0.3) is 0 Å². The Morgan fingerprint density at radius 1 is 1.60 bits per heavy atom. The highest BCUT2D eigenvalue weighted by molar-refractivity contribution is 5.95. The Morgan fingerprint density at radius 2 is 2.40 bits per heavy atom. The number of carbonyl (C=O) groups excluding carboxylic acids is 1. The number of morpholine rings is 1. The van der Waals surface area contributed by atoms with Gasteiger partial charge in [-0.25, -0.2) is 0 Å². The van der Waals surface area contributed by atoms with Crippen LogP contribution >= 0.6 is 0 Å². The minimum Gasteiger partial charge on any atom is -0.492 e. The van der Waals surface area contributed by atoms with Crippen molar-refractivity contribution < 1.29 is 19.4 Å². The summed E-state index contributed by atoms with van der Waals surface area (Å²) in [7, 11) is 0. The van der Waals surface area contributed by atoms with Crippen molar-refractivity contribution in [1.82, 2.24) is 4.90 Å². The lowest BCUT2D eigenvalue weighted by atomic mass is 10.1. The molecule has 1 unspecified atom stereocenters. The first-order chi connectivity index (χ1) is 9.65. The van der Waals surface area contributed by atoms with Crippen molar-refractivity contribution in [3.8, 4) is 5.75 Å². The zero-order valence-electron chi connectivity index (χ0n) is 11.5. The van der Waals surface area contributed by atoms with Crippen LogP contribution in [0.4, 0.5) is 5.69 Å². The van der Waals surface area contributed by atoms with Gasteiger partial charge in [0.25, 0.3) is 5.91 Å². The number of hydrogen-bond donors (Lipinski definition) is 2. The van der Waals surface area contributed by atoms with Gasteiger partial charge in [-0.05, 0) is 25.1 Å². The molecule has 1 fully saturated rings. The quantitative estimate of drug-likeness (QED) is 0.785. The second-order valence-corrected chi connectivity index (χ2v) is 4.61. The molecule has 1 aliphatic heterocycles. The van der Waals surface area contributed by atoms with E-state index in [4.69, 9.17) is 20.3 Å². The Kier molecular flexibility index (Phi) is 4.81. The van der Waals surface area contributed by atoms with Gasteiger partial charge in [0.05, 0.1) is 31.6 Å². The SMILES string of the molecule is CCOc1ccc(C(=O)N2CCOC(CO)C2)cc1N. The summed E-state index contributed by atoms with van der Waals surface area (Å²) >= 11 is 0. The first-order valence-corrected chi connectivity index (χ1v) is 6.69. The highest BCUT2D eigenvalue weighted by Crippen LogP contribution is 2.23. The van der Waals surface area contributed by atoms with Crippen molar-refractivity contribution in [3.63, 3.8) is 0 Å². The number of nitrogen functional groups attached to an aromatic ring is 1. The lowest BCUT2D eigenvalue weighted by Gasteiger charge is -2.32. The number of amides is 1. The Hall–Kier alpha value is -1.79. The molecule has 1 aliphatic rings. The van der Waals surface area contributed by atoms with Gasteiger partial charge in [0, 0.05) is 18.7 Å². The summed E-state index contributed by atoms with van der Waals surface area (Å²) in [5, 5.41) is 9.10. The first kappa shape index (κ1) is 14.6. The van der Waals surface area contributed by atoms with Crippen LogP contribution in [0.1, 0.15) is 17.3 Å². The number of aliphatic hydroxyl groups excluding tert-OH is 1. The van der Waals surface area contributed by atoms with Gasteiger partial charge in [0.15, 0.2) is 0 Å². The zero-order chi connectivity index (χ0) is 14.5. The maximum Gasteiger partial charge on any atom is 0.254 e. The van der Waals surface area contributed by atoms with Crippen LogP contribution in [0, 0.1) is 0 Å². The fourth-order valence-electron chi connectivity index (χ4n) is 2.17. The lowest BCUT2D eigenvalue weighted by Crippen LogP contribution is -2.46. The molecule has 0 aliphatic carbocycles. The van der Waals surface area contributed by atoms with Gasteiger partial charge in [-0.1, -0.05) is 0 Å². The molecule has 6 nitrogen and oxygen atoms in total. The van der Waals surface area contributed by atoms with Gasteiger partial charge in [0.1, 0.15) is 5.75 Å². The van der Waals surface area contributed by atoms with Crippen LogP contribution in [0.3, 0.4) is 0 Å². The Morgan fingerprint density at radius 3 is 3.05 bits per heavy atom. The summed E-state index contributed by atoms with van der Waals surface area (Å²) in [6.45, 7) is 3.66. The van der Waals surface area contributed by atoms with E-state index in [0.717, 1.165) is 0 Å². The van der Waals surface area contributed by atoms with E-state index in [1.165, 1.54) is 0 Å². The number of anilines is 1. The summed E-state index contributed by atoms with van der Waals surface area (Å²) in [4.78, 5) is 14.0. The third-order valence-electron chi connectivity index (χ3n) is 3.19. The molecule has 20 heavy (non-hydrogen) atoms. The van der Waals surface area contributed by atoms with Gasteiger partial charge in [-0.3, -0.25) is 4.79 Å². The Balaban J connectivity index is 2.10. The average molecular weight is 280 g/mol. The minimum atomic E-state index is -0.312. The Labute approximate surface area is 118 Å². The van der Waals surface area contributed by atoms with E-state index in [0.29, 0.717) is 43.3 Å². The highest BCUT2D eigenvalue weighted by Gasteiger charge is 2.24. The number of carbonyl (C=O) groups is 1. The third-order valence-corrected chi connectivity index (χ3v) is 3.19. The molecular formula is C14H20N2O4. The topological polar surface area (TPSA) is 85.0 Å². The molecule has 1 atom stereocenters. The molecule has 0 aromatic heterocycles. The molecule has 0 spiro atoms. The molecule has 1 aromatic rings. The molecule has 0 radical (unpaired) electrons. The van der Waals surface area contributed by atoms with Gasteiger partial charge < -0.3 is 25.2 Å². The standard InChI is InChI=1S/C14H20N2O4/c1-2-19-13-4-3-10(7-12(13)15)14(18)16-5-6-20-11(8-16)9-17/h3-4,7,11,17H,2,5-6,8-9,15H2,1H3. The zero-order valence-corrected chi connectivity index (χ0v) is 11.5. The predicted molar refractivity (Wildman–Crippen MR) is 74.8 cm³/mol. The second kappa shape index (κ2) is 6.58. The molecule has 0 bridgehead atoms. The maximum absolute atomic E-state index is 12.4. The fraction of sp³-hybridized carbons (Fsp3) is 0.500. The number of benzene rings is 1. The number of rotatable bonds is 4. The van der Waals surface area contributed by atoms with Crippen LogP contribution < -0.4 is 10.5 Å². The predicted octanol–water partition coefficient (Wildman–Crippen LogP) is 0.501. The summed E-state index contributed by atoms with van der Waals surface area (Å²) in [5.41, 5.74) is 6.83. The van der Waals surface area contributed by atoms with Crippen LogP contribution in [0.15, 0.2) is 18.2 Å². The van der Waals surface area contributed by atoms with Gasteiger partial charge in [-0.15, -0.1) is 0 Å². The number of hydrogen-bond acceptors (Lipinski definition) is 5. The molecule has 110 valence electrons. The monoisotopic (exact) mass is 280 g/mol. The lowest BCUT2D eigenvalue weighted by molar-refractivity contribution is -0.0447. The van der Waals surface area contributed by atoms with E-state index >= 15 is 0 Å². The summed E-state index contributed by atoms with van der Waals surface area (Å²) in [6.07, 6.45) is -0.312. The van der Waals surface area contributed by atoms with E-state index in [1.54, 1.807) is 23.1 Å². The molecule has 2 rings (SSSR count). The van der Waals surface area contributed by atoms with E-state index in [1.807, 2.05) is 6.92 Å². The number of nitrogens with zero attached hydrogens (tertiary/aromatic N) is 1. The van der Waals surface area contributed by atoms with Crippen molar-refractivity contribution in [1.29, 1.82) is 0 Å². The molecule has 1 amide bonds. The van der Waals surface area contributed by atoms with Crippen molar-refractivity contribution >= 4 is 11.6 Å². The molecular weight excluding hydrogens is 260 g/mol. The summed E-state index contributed by atoms with van der Waals surface area (Å²) in [5.74, 6) is 0.473. The molecule has 1 aromatic carbocycles. The normalized spacial score (nSPS) is 18.9. The van der Waals surface area contributed by atoms with Gasteiger partial charge in [-0.2, -0.15) is 0 Å². The van der Waals surface area contributed by atoms with E-state index in [9.17, 15) is 4.79 Å². The van der Waals surface area contributed by atoms with Crippen LogP contribution in [-0.4, -0.2) is 54.9 Å². The van der Waals surface area contributed by atoms with Gasteiger partial charge in [0.2, 0.25) is 0 Å². The molecule has 0 saturated carbocycles. The van der Waals surface area contributed by atoms with Crippen molar-refractivity contribution in [3.05, 3.63) is 23.8 Å². The van der Waals surface area contributed by atoms with E-state index in [-0.39, 0.29) is 18.6 Å². The fourth-order valence-corrected chi connectivity index (χ4v) is 2.17. The van der Waals surface area contributed by atoms with Crippen LogP contribution in [0.5, 0.6) is 5.75 Å². The largest absolute Gasteiger partial charge is 0.492 e. The molecule has 3 N–H and O–H groups in total. The van der Waals surface area contributed by atoms with Crippen LogP contribution in [0.2, 0.25) is 0 Å². The third kappa shape index (κ3) is 3.20. The van der Waals surface area contributed by atoms with Crippen molar-refractivity contribution in [2.45, 2.75) is 13.0 Å². The molecule has 1 saturated heterocycles. The summed E-state index contributed by atoms with van der Waals surface area (Å²) in [6, 6.07) is 5.03. The van der Waals surface area contributed by atoms with Crippen molar-refractivity contribution in [2.24, 2.45) is 0 Å². The molecule has 1 heterocycles. The number of ether oxygens (including phenoxy) is 2. The second-order valence-electron chi connectivity index (χ2n) is 4.61. The van der Waals surface area contributed by atoms with E-state index in [2.05, 4.69) is 0 Å².